The molecule has 2 aliphatic rings. The van der Waals surface area contributed by atoms with Crippen LogP contribution in [0.3, 0.4) is 0 Å². The smallest absolute Gasteiger partial charge is 0.0676 e. The molecular formula is C18H34O. The van der Waals surface area contributed by atoms with Crippen LogP contribution < -0.4 is 0 Å². The fraction of sp³-hybridized carbons (Fsp3) is 1.00. The van der Waals surface area contributed by atoms with Crippen LogP contribution in [0.2, 0.25) is 0 Å². The maximum Gasteiger partial charge on any atom is 0.0676 e. The SMILES string of the molecule is CCCC1CCC(C2(O)CCC(CCC)CC2)CC1. The zero-order valence-electron chi connectivity index (χ0n) is 13.2. The van der Waals surface area contributed by atoms with Crippen LogP contribution >= 0.6 is 0 Å². The summed E-state index contributed by atoms with van der Waals surface area (Å²) in [6.45, 7) is 4.59. The summed E-state index contributed by atoms with van der Waals surface area (Å²) >= 11 is 0. The third-order valence-electron chi connectivity index (χ3n) is 5.97. The van der Waals surface area contributed by atoms with Crippen LogP contribution in [0.5, 0.6) is 0 Å². The summed E-state index contributed by atoms with van der Waals surface area (Å²) in [5.41, 5.74) is -0.290. The minimum absolute atomic E-state index is 0.290. The molecule has 1 nitrogen and oxygen atoms in total. The van der Waals surface area contributed by atoms with Crippen molar-refractivity contribution in [3.63, 3.8) is 0 Å². The standard InChI is InChI=1S/C18H34O/c1-3-5-15-7-9-17(10-8-15)18(19)13-11-16(6-4-2)12-14-18/h15-17,19H,3-14H2,1-2H3. The lowest BCUT2D eigenvalue weighted by atomic mass is 9.65. The quantitative estimate of drug-likeness (QED) is 0.714. The molecule has 0 amide bonds. The molecule has 0 aromatic carbocycles. The van der Waals surface area contributed by atoms with Crippen molar-refractivity contribution in [2.45, 2.75) is 96.5 Å². The molecule has 0 saturated heterocycles. The summed E-state index contributed by atoms with van der Waals surface area (Å²) in [4.78, 5) is 0. The van der Waals surface area contributed by atoms with Gasteiger partial charge in [-0.3, -0.25) is 0 Å². The molecule has 0 unspecified atom stereocenters. The average Bonchev–Trinajstić information content (AvgIpc) is 2.43. The largest absolute Gasteiger partial charge is 0.390 e. The van der Waals surface area contributed by atoms with Crippen LogP contribution in [-0.4, -0.2) is 10.7 Å². The highest BCUT2D eigenvalue weighted by atomic mass is 16.3. The minimum Gasteiger partial charge on any atom is -0.390 e. The summed E-state index contributed by atoms with van der Waals surface area (Å²) in [6, 6.07) is 0. The summed E-state index contributed by atoms with van der Waals surface area (Å²) in [7, 11) is 0. The van der Waals surface area contributed by atoms with E-state index in [0.29, 0.717) is 5.92 Å². The normalized spacial score (nSPS) is 40.3. The molecule has 0 bridgehead atoms. The molecule has 112 valence electrons. The van der Waals surface area contributed by atoms with Gasteiger partial charge in [-0.1, -0.05) is 52.4 Å². The van der Waals surface area contributed by atoms with Gasteiger partial charge in [-0.15, -0.1) is 0 Å². The number of aliphatic hydroxyl groups is 1. The third kappa shape index (κ3) is 3.97. The van der Waals surface area contributed by atoms with Crippen molar-refractivity contribution in [2.75, 3.05) is 0 Å². The minimum atomic E-state index is -0.290. The predicted octanol–water partition coefficient (Wildman–Crippen LogP) is 5.31. The van der Waals surface area contributed by atoms with Gasteiger partial charge in [0.15, 0.2) is 0 Å². The monoisotopic (exact) mass is 266 g/mol. The van der Waals surface area contributed by atoms with Gasteiger partial charge in [-0.2, -0.15) is 0 Å². The van der Waals surface area contributed by atoms with E-state index in [4.69, 9.17) is 0 Å². The second kappa shape index (κ2) is 7.11. The highest BCUT2D eigenvalue weighted by molar-refractivity contribution is 4.93. The molecule has 19 heavy (non-hydrogen) atoms. The van der Waals surface area contributed by atoms with E-state index in [1.165, 1.54) is 64.2 Å². The Morgan fingerprint density at radius 1 is 0.789 bits per heavy atom. The Balaban J connectivity index is 1.79. The predicted molar refractivity (Wildman–Crippen MR) is 82.2 cm³/mol. The first kappa shape index (κ1) is 15.4. The van der Waals surface area contributed by atoms with E-state index >= 15 is 0 Å². The molecule has 2 aliphatic carbocycles. The topological polar surface area (TPSA) is 20.2 Å². The van der Waals surface area contributed by atoms with Crippen molar-refractivity contribution in [1.82, 2.24) is 0 Å². The molecule has 0 heterocycles. The van der Waals surface area contributed by atoms with Gasteiger partial charge in [0.2, 0.25) is 0 Å². The molecule has 0 aromatic heterocycles. The van der Waals surface area contributed by atoms with E-state index in [1.807, 2.05) is 0 Å². The Hall–Kier alpha value is -0.0400. The summed E-state index contributed by atoms with van der Waals surface area (Å²) in [5, 5.41) is 11.0. The molecule has 0 aromatic rings. The van der Waals surface area contributed by atoms with Crippen LogP contribution in [0.4, 0.5) is 0 Å². The molecule has 1 heteroatoms. The Labute approximate surface area is 120 Å². The second-order valence-electron chi connectivity index (χ2n) is 7.34. The lowest BCUT2D eigenvalue weighted by Gasteiger charge is -2.44. The Morgan fingerprint density at radius 3 is 1.74 bits per heavy atom. The number of rotatable bonds is 5. The van der Waals surface area contributed by atoms with E-state index in [1.54, 1.807) is 0 Å². The summed E-state index contributed by atoms with van der Waals surface area (Å²) < 4.78 is 0. The number of hydrogen-bond acceptors (Lipinski definition) is 1. The highest BCUT2D eigenvalue weighted by Gasteiger charge is 2.41. The summed E-state index contributed by atoms with van der Waals surface area (Å²) in [5.74, 6) is 2.48. The molecule has 1 N–H and O–H groups in total. The van der Waals surface area contributed by atoms with Crippen LogP contribution in [0.1, 0.15) is 90.9 Å². The van der Waals surface area contributed by atoms with Crippen molar-refractivity contribution >= 4 is 0 Å². The first-order valence-electron chi connectivity index (χ1n) is 8.90. The van der Waals surface area contributed by atoms with Crippen molar-refractivity contribution in [1.29, 1.82) is 0 Å². The average molecular weight is 266 g/mol. The van der Waals surface area contributed by atoms with Crippen molar-refractivity contribution < 1.29 is 5.11 Å². The van der Waals surface area contributed by atoms with Gasteiger partial charge in [0.1, 0.15) is 0 Å². The molecule has 0 spiro atoms. The first-order chi connectivity index (χ1) is 9.18. The van der Waals surface area contributed by atoms with E-state index in [-0.39, 0.29) is 5.60 Å². The van der Waals surface area contributed by atoms with Gasteiger partial charge in [0, 0.05) is 0 Å². The van der Waals surface area contributed by atoms with Gasteiger partial charge in [-0.25, -0.2) is 0 Å². The molecule has 0 radical (unpaired) electrons. The van der Waals surface area contributed by atoms with Crippen LogP contribution in [0.25, 0.3) is 0 Å². The first-order valence-corrected chi connectivity index (χ1v) is 8.90. The Bertz CT molecular complexity index is 244. The van der Waals surface area contributed by atoms with Gasteiger partial charge in [0.05, 0.1) is 5.60 Å². The van der Waals surface area contributed by atoms with Crippen molar-refractivity contribution in [2.24, 2.45) is 17.8 Å². The van der Waals surface area contributed by atoms with Gasteiger partial charge in [0.25, 0.3) is 0 Å². The van der Waals surface area contributed by atoms with Gasteiger partial charge >= 0.3 is 0 Å². The van der Waals surface area contributed by atoms with E-state index in [9.17, 15) is 5.11 Å². The van der Waals surface area contributed by atoms with Crippen molar-refractivity contribution in [3.05, 3.63) is 0 Å². The highest BCUT2D eigenvalue weighted by Crippen LogP contribution is 2.45. The molecule has 2 rings (SSSR count). The van der Waals surface area contributed by atoms with Crippen LogP contribution in [0, 0.1) is 17.8 Å². The van der Waals surface area contributed by atoms with Gasteiger partial charge < -0.3 is 5.11 Å². The molecule has 0 atom stereocenters. The lowest BCUT2D eigenvalue weighted by Crippen LogP contribution is -2.43. The molecular weight excluding hydrogens is 232 g/mol. The van der Waals surface area contributed by atoms with E-state index in [0.717, 1.165) is 24.7 Å². The Kier molecular flexibility index (Phi) is 5.74. The Morgan fingerprint density at radius 2 is 1.26 bits per heavy atom. The van der Waals surface area contributed by atoms with Gasteiger partial charge in [-0.05, 0) is 56.3 Å². The van der Waals surface area contributed by atoms with E-state index < -0.39 is 0 Å². The zero-order chi connectivity index (χ0) is 13.7. The maximum absolute atomic E-state index is 11.0. The molecule has 2 fully saturated rings. The zero-order valence-corrected chi connectivity index (χ0v) is 13.2. The van der Waals surface area contributed by atoms with Crippen LogP contribution in [-0.2, 0) is 0 Å². The van der Waals surface area contributed by atoms with Crippen molar-refractivity contribution in [3.8, 4) is 0 Å². The van der Waals surface area contributed by atoms with E-state index in [2.05, 4.69) is 13.8 Å². The second-order valence-corrected chi connectivity index (χ2v) is 7.34. The fourth-order valence-electron chi connectivity index (χ4n) is 4.68. The summed E-state index contributed by atoms with van der Waals surface area (Å²) in [6.07, 6.45) is 15.5. The van der Waals surface area contributed by atoms with Crippen LogP contribution in [0.15, 0.2) is 0 Å². The molecule has 2 saturated carbocycles. The molecule has 0 aliphatic heterocycles. The fourth-order valence-corrected chi connectivity index (χ4v) is 4.68. The maximum atomic E-state index is 11.0. The number of hydrogen-bond donors (Lipinski definition) is 1. The lowest BCUT2D eigenvalue weighted by molar-refractivity contribution is -0.0751. The third-order valence-corrected chi connectivity index (χ3v) is 5.97.